The second-order valence-electron chi connectivity index (χ2n) is 5.76. The van der Waals surface area contributed by atoms with Crippen LogP contribution in [-0.2, 0) is 0 Å². The average Bonchev–Trinajstić information content (AvgIpc) is 3.07. The monoisotopic (exact) mass is 308 g/mol. The van der Waals surface area contributed by atoms with E-state index in [4.69, 9.17) is 0 Å². The molecule has 0 unspecified atom stereocenters. The predicted molar refractivity (Wildman–Crippen MR) is 90.5 cm³/mol. The summed E-state index contributed by atoms with van der Waals surface area (Å²) in [7, 11) is 0. The van der Waals surface area contributed by atoms with Crippen molar-refractivity contribution in [1.29, 1.82) is 0 Å². The molecule has 2 aromatic heterocycles. The van der Waals surface area contributed by atoms with Gasteiger partial charge in [-0.05, 0) is 6.54 Å². The molecule has 0 radical (unpaired) electrons. The van der Waals surface area contributed by atoms with Gasteiger partial charge in [0, 0.05) is 44.1 Å². The molecule has 0 spiro atoms. The SMILES string of the molecule is CCN1CCN(c2nccn3c(-c4ccccc4)nnc23)CC1. The highest BCUT2D eigenvalue weighted by molar-refractivity contribution is 5.68. The van der Waals surface area contributed by atoms with Crippen LogP contribution in [0.2, 0.25) is 0 Å². The van der Waals surface area contributed by atoms with Gasteiger partial charge >= 0.3 is 0 Å². The van der Waals surface area contributed by atoms with Gasteiger partial charge in [0.15, 0.2) is 11.6 Å². The van der Waals surface area contributed by atoms with Crippen LogP contribution >= 0.6 is 0 Å². The molecular formula is C17H20N6. The van der Waals surface area contributed by atoms with Crippen molar-refractivity contribution in [2.45, 2.75) is 6.92 Å². The highest BCUT2D eigenvalue weighted by Crippen LogP contribution is 2.23. The molecule has 1 saturated heterocycles. The lowest BCUT2D eigenvalue weighted by molar-refractivity contribution is 0.270. The summed E-state index contributed by atoms with van der Waals surface area (Å²) in [5.41, 5.74) is 1.89. The van der Waals surface area contributed by atoms with Gasteiger partial charge < -0.3 is 9.80 Å². The van der Waals surface area contributed by atoms with Crippen molar-refractivity contribution in [1.82, 2.24) is 24.5 Å². The van der Waals surface area contributed by atoms with E-state index in [-0.39, 0.29) is 0 Å². The third-order valence-electron chi connectivity index (χ3n) is 4.46. The fourth-order valence-corrected chi connectivity index (χ4v) is 3.10. The predicted octanol–water partition coefficient (Wildman–Crippen LogP) is 1.93. The summed E-state index contributed by atoms with van der Waals surface area (Å²) in [6.07, 6.45) is 3.77. The number of piperazine rings is 1. The maximum absolute atomic E-state index is 4.57. The van der Waals surface area contributed by atoms with Gasteiger partial charge in [0.2, 0.25) is 5.65 Å². The first kappa shape index (κ1) is 14.1. The van der Waals surface area contributed by atoms with E-state index >= 15 is 0 Å². The van der Waals surface area contributed by atoms with Gasteiger partial charge in [0.25, 0.3) is 0 Å². The summed E-state index contributed by atoms with van der Waals surface area (Å²) < 4.78 is 2.03. The van der Waals surface area contributed by atoms with E-state index in [9.17, 15) is 0 Å². The van der Waals surface area contributed by atoms with Crippen LogP contribution in [0.5, 0.6) is 0 Å². The van der Waals surface area contributed by atoms with Crippen LogP contribution in [-0.4, -0.2) is 57.2 Å². The lowest BCUT2D eigenvalue weighted by atomic mass is 10.2. The number of hydrogen-bond acceptors (Lipinski definition) is 5. The van der Waals surface area contributed by atoms with Crippen LogP contribution in [0, 0.1) is 0 Å². The van der Waals surface area contributed by atoms with Crippen molar-refractivity contribution < 1.29 is 0 Å². The maximum Gasteiger partial charge on any atom is 0.204 e. The van der Waals surface area contributed by atoms with Crippen LogP contribution < -0.4 is 4.90 Å². The Kier molecular flexibility index (Phi) is 3.67. The molecule has 118 valence electrons. The minimum absolute atomic E-state index is 0.830. The number of anilines is 1. The summed E-state index contributed by atoms with van der Waals surface area (Å²) in [4.78, 5) is 9.34. The number of fused-ring (bicyclic) bond motifs is 1. The second-order valence-corrected chi connectivity index (χ2v) is 5.76. The zero-order valence-electron chi connectivity index (χ0n) is 13.3. The van der Waals surface area contributed by atoms with Crippen molar-refractivity contribution in [3.63, 3.8) is 0 Å². The normalized spacial score (nSPS) is 16.1. The van der Waals surface area contributed by atoms with Gasteiger partial charge in [-0.2, -0.15) is 0 Å². The minimum Gasteiger partial charge on any atom is -0.351 e. The minimum atomic E-state index is 0.830. The topological polar surface area (TPSA) is 49.6 Å². The van der Waals surface area contributed by atoms with Gasteiger partial charge in [-0.3, -0.25) is 4.40 Å². The maximum atomic E-state index is 4.57. The van der Waals surface area contributed by atoms with Crippen molar-refractivity contribution in [2.24, 2.45) is 0 Å². The second kappa shape index (κ2) is 5.96. The number of likely N-dealkylation sites (N-methyl/N-ethyl adjacent to an activating group) is 1. The Hall–Kier alpha value is -2.47. The molecule has 0 atom stereocenters. The molecule has 0 amide bonds. The molecule has 3 aromatic rings. The van der Waals surface area contributed by atoms with Crippen LogP contribution in [0.1, 0.15) is 6.92 Å². The Balaban J connectivity index is 1.71. The molecule has 1 aliphatic rings. The van der Waals surface area contributed by atoms with Crippen LogP contribution in [0.3, 0.4) is 0 Å². The van der Waals surface area contributed by atoms with E-state index in [0.717, 1.165) is 55.6 Å². The molecular weight excluding hydrogens is 288 g/mol. The molecule has 23 heavy (non-hydrogen) atoms. The number of aromatic nitrogens is 4. The van der Waals surface area contributed by atoms with Crippen molar-refractivity contribution in [3.8, 4) is 11.4 Å². The highest BCUT2D eigenvalue weighted by Gasteiger charge is 2.21. The van der Waals surface area contributed by atoms with Gasteiger partial charge in [-0.15, -0.1) is 10.2 Å². The molecule has 0 bridgehead atoms. The van der Waals surface area contributed by atoms with Gasteiger partial charge in [0.1, 0.15) is 0 Å². The zero-order chi connectivity index (χ0) is 15.6. The van der Waals surface area contributed by atoms with Gasteiger partial charge in [-0.25, -0.2) is 4.98 Å². The van der Waals surface area contributed by atoms with Gasteiger partial charge in [-0.1, -0.05) is 37.3 Å². The molecule has 1 aromatic carbocycles. The first-order valence-electron chi connectivity index (χ1n) is 8.09. The summed E-state index contributed by atoms with van der Waals surface area (Å²) in [6.45, 7) is 7.41. The molecule has 0 N–H and O–H groups in total. The van der Waals surface area contributed by atoms with E-state index in [1.54, 1.807) is 0 Å². The first-order chi connectivity index (χ1) is 11.4. The molecule has 1 aliphatic heterocycles. The summed E-state index contributed by atoms with van der Waals surface area (Å²) in [5.74, 6) is 1.79. The van der Waals surface area contributed by atoms with E-state index in [2.05, 4.69) is 44.0 Å². The summed E-state index contributed by atoms with van der Waals surface area (Å²) in [6, 6.07) is 10.1. The van der Waals surface area contributed by atoms with E-state index in [1.807, 2.05) is 35.0 Å². The smallest absolute Gasteiger partial charge is 0.204 e. The van der Waals surface area contributed by atoms with Crippen LogP contribution in [0.15, 0.2) is 42.7 Å². The quantitative estimate of drug-likeness (QED) is 0.740. The Labute approximate surface area is 135 Å². The zero-order valence-corrected chi connectivity index (χ0v) is 13.3. The molecule has 0 saturated carbocycles. The van der Waals surface area contributed by atoms with Crippen molar-refractivity contribution in [3.05, 3.63) is 42.7 Å². The molecule has 3 heterocycles. The summed E-state index contributed by atoms with van der Waals surface area (Å²) in [5, 5.41) is 8.79. The standard InChI is InChI=1S/C17H20N6/c1-2-21-10-12-22(13-11-21)16-17-20-19-15(23(17)9-8-18-16)14-6-4-3-5-7-14/h3-9H,2,10-13H2,1H3. The Morgan fingerprint density at radius 3 is 2.52 bits per heavy atom. The number of hydrogen-bond donors (Lipinski definition) is 0. The highest BCUT2D eigenvalue weighted by atomic mass is 15.3. The van der Waals surface area contributed by atoms with Crippen molar-refractivity contribution >= 4 is 11.5 Å². The number of rotatable bonds is 3. The van der Waals surface area contributed by atoms with E-state index in [1.165, 1.54) is 0 Å². The third-order valence-corrected chi connectivity index (χ3v) is 4.46. The third kappa shape index (κ3) is 2.55. The van der Waals surface area contributed by atoms with Crippen LogP contribution in [0.4, 0.5) is 5.82 Å². The van der Waals surface area contributed by atoms with Gasteiger partial charge in [0.05, 0.1) is 0 Å². The Bertz CT molecular complexity index is 789. The number of nitrogens with zero attached hydrogens (tertiary/aromatic N) is 6. The average molecular weight is 308 g/mol. The molecule has 4 rings (SSSR count). The fraction of sp³-hybridized carbons (Fsp3) is 0.353. The number of benzene rings is 1. The van der Waals surface area contributed by atoms with Crippen LogP contribution in [0.25, 0.3) is 17.0 Å². The fourth-order valence-electron chi connectivity index (χ4n) is 3.10. The molecule has 0 aliphatic carbocycles. The first-order valence-corrected chi connectivity index (χ1v) is 8.09. The van der Waals surface area contributed by atoms with E-state index < -0.39 is 0 Å². The van der Waals surface area contributed by atoms with Crippen molar-refractivity contribution in [2.75, 3.05) is 37.6 Å². The Morgan fingerprint density at radius 2 is 1.78 bits per heavy atom. The largest absolute Gasteiger partial charge is 0.351 e. The van der Waals surface area contributed by atoms with E-state index in [0.29, 0.717) is 0 Å². The molecule has 1 fully saturated rings. The molecule has 6 nitrogen and oxygen atoms in total. The Morgan fingerprint density at radius 1 is 1.00 bits per heavy atom. The lowest BCUT2D eigenvalue weighted by Crippen LogP contribution is -2.46. The lowest BCUT2D eigenvalue weighted by Gasteiger charge is -2.34. The summed E-state index contributed by atoms with van der Waals surface area (Å²) >= 11 is 0. The molecule has 6 heteroatoms.